The summed E-state index contributed by atoms with van der Waals surface area (Å²) in [6.07, 6.45) is -2.17. The van der Waals surface area contributed by atoms with Gasteiger partial charge in [0.25, 0.3) is 0 Å². The largest absolute Gasteiger partial charge is 0.471 e. The number of thiazole rings is 1. The van der Waals surface area contributed by atoms with E-state index in [0.29, 0.717) is 21.3 Å². The molecule has 0 spiro atoms. The highest BCUT2D eigenvalue weighted by Crippen LogP contribution is 2.29. The number of hydrogen-bond acceptors (Lipinski definition) is 6. The van der Waals surface area contributed by atoms with Gasteiger partial charge in [-0.1, -0.05) is 29.0 Å². The van der Waals surface area contributed by atoms with Gasteiger partial charge in [0.1, 0.15) is 0 Å². The fourth-order valence-corrected chi connectivity index (χ4v) is 2.84. The first-order valence-electron chi connectivity index (χ1n) is 7.01. The molecule has 3 rings (SSSR count). The van der Waals surface area contributed by atoms with Crippen molar-refractivity contribution in [3.8, 4) is 10.6 Å². The second-order valence-corrected chi connectivity index (χ2v) is 6.35. The lowest BCUT2D eigenvalue weighted by Gasteiger charge is -2.06. The number of amides is 1. The number of carbonyl (C=O) groups excluding carboxylic acids is 1. The smallest absolute Gasteiger partial charge is 0.324 e. The molecule has 1 aromatic carbocycles. The molecule has 3 aromatic rings. The first kappa shape index (κ1) is 18.1. The quantitative estimate of drug-likeness (QED) is 0.675. The average Bonchev–Trinajstić information content (AvgIpc) is 3.03. The molecule has 0 atom stereocenters. The first-order valence-corrected chi connectivity index (χ1v) is 8.21. The van der Waals surface area contributed by atoms with Crippen LogP contribution in [0.3, 0.4) is 0 Å². The average molecular weight is 400 g/mol. The SMILES string of the molecule is O=C(Nc1ncc(-c2ccnc(Nc3cccc(Cl)c3)n2)s1)C(F)(F)F. The minimum Gasteiger partial charge on any atom is -0.324 e. The van der Waals surface area contributed by atoms with Crippen LogP contribution in [0, 0.1) is 0 Å². The van der Waals surface area contributed by atoms with E-state index in [1.165, 1.54) is 12.4 Å². The van der Waals surface area contributed by atoms with Crippen molar-refractivity contribution in [2.75, 3.05) is 10.6 Å². The van der Waals surface area contributed by atoms with Crippen LogP contribution in [0.1, 0.15) is 0 Å². The van der Waals surface area contributed by atoms with Gasteiger partial charge in [0.2, 0.25) is 5.95 Å². The number of hydrogen-bond donors (Lipinski definition) is 2. The molecule has 0 bridgehead atoms. The number of nitrogens with zero attached hydrogens (tertiary/aromatic N) is 3. The zero-order valence-electron chi connectivity index (χ0n) is 12.7. The van der Waals surface area contributed by atoms with Crippen molar-refractivity contribution in [2.45, 2.75) is 6.18 Å². The molecule has 0 fully saturated rings. The first-order chi connectivity index (χ1) is 12.3. The fraction of sp³-hybridized carbons (Fsp3) is 0.0667. The summed E-state index contributed by atoms with van der Waals surface area (Å²) in [4.78, 5) is 23.5. The number of rotatable bonds is 4. The molecule has 0 aliphatic rings. The van der Waals surface area contributed by atoms with Gasteiger partial charge in [-0.25, -0.2) is 15.0 Å². The van der Waals surface area contributed by atoms with Gasteiger partial charge in [-0.2, -0.15) is 13.2 Å². The molecular weight excluding hydrogens is 391 g/mol. The molecule has 2 heterocycles. The van der Waals surface area contributed by atoms with Crippen LogP contribution in [-0.2, 0) is 4.79 Å². The number of halogens is 4. The molecule has 26 heavy (non-hydrogen) atoms. The zero-order valence-corrected chi connectivity index (χ0v) is 14.3. The van der Waals surface area contributed by atoms with Gasteiger partial charge in [0.05, 0.1) is 10.6 Å². The molecule has 6 nitrogen and oxygen atoms in total. The molecule has 0 radical (unpaired) electrons. The van der Waals surface area contributed by atoms with Crippen molar-refractivity contribution < 1.29 is 18.0 Å². The zero-order chi connectivity index (χ0) is 18.7. The molecule has 1 amide bonds. The van der Waals surface area contributed by atoms with Crippen molar-refractivity contribution in [3.63, 3.8) is 0 Å². The third-order valence-corrected chi connectivity index (χ3v) is 4.14. The molecular formula is C15H9ClF3N5OS. The molecule has 134 valence electrons. The van der Waals surface area contributed by atoms with E-state index >= 15 is 0 Å². The van der Waals surface area contributed by atoms with Crippen LogP contribution in [0.25, 0.3) is 10.6 Å². The summed E-state index contributed by atoms with van der Waals surface area (Å²) in [6.45, 7) is 0. The summed E-state index contributed by atoms with van der Waals surface area (Å²) in [5.41, 5.74) is 1.12. The van der Waals surface area contributed by atoms with E-state index < -0.39 is 12.1 Å². The van der Waals surface area contributed by atoms with Gasteiger partial charge >= 0.3 is 12.1 Å². The molecule has 0 aliphatic carbocycles. The highest BCUT2D eigenvalue weighted by atomic mass is 35.5. The number of carbonyl (C=O) groups is 1. The third kappa shape index (κ3) is 4.46. The van der Waals surface area contributed by atoms with Gasteiger partial charge in [-0.05, 0) is 24.3 Å². The Kier molecular flexibility index (Phi) is 5.05. The van der Waals surface area contributed by atoms with Gasteiger partial charge in [-0.3, -0.25) is 10.1 Å². The van der Waals surface area contributed by atoms with E-state index in [1.807, 2.05) is 0 Å². The van der Waals surface area contributed by atoms with E-state index in [1.54, 1.807) is 35.6 Å². The number of benzene rings is 1. The molecule has 0 saturated carbocycles. The van der Waals surface area contributed by atoms with Crippen LogP contribution in [0.5, 0.6) is 0 Å². The summed E-state index contributed by atoms with van der Waals surface area (Å²) in [7, 11) is 0. The number of nitrogens with one attached hydrogen (secondary N) is 2. The molecule has 0 aliphatic heterocycles. The standard InChI is InChI=1S/C15H9ClF3N5OS/c16-8-2-1-3-9(6-8)22-13-20-5-4-10(23-13)11-7-21-14(26-11)24-12(25)15(17,18)19/h1-7H,(H,20,22,23)(H,21,24,25). The van der Waals surface area contributed by atoms with E-state index in [9.17, 15) is 18.0 Å². The van der Waals surface area contributed by atoms with Crippen LogP contribution in [-0.4, -0.2) is 27.0 Å². The van der Waals surface area contributed by atoms with Crippen molar-refractivity contribution in [1.82, 2.24) is 15.0 Å². The summed E-state index contributed by atoms with van der Waals surface area (Å²) in [6, 6.07) is 8.52. The van der Waals surface area contributed by atoms with Crippen molar-refractivity contribution in [3.05, 3.63) is 47.7 Å². The second kappa shape index (κ2) is 7.26. The predicted molar refractivity (Wildman–Crippen MR) is 92.6 cm³/mol. The minimum absolute atomic E-state index is 0.176. The topological polar surface area (TPSA) is 79.8 Å². The Labute approximate surface area is 154 Å². The second-order valence-electron chi connectivity index (χ2n) is 4.88. The van der Waals surface area contributed by atoms with Crippen LogP contribution >= 0.6 is 22.9 Å². The molecule has 11 heteroatoms. The highest BCUT2D eigenvalue weighted by Gasteiger charge is 2.39. The number of alkyl halides is 3. The van der Waals surface area contributed by atoms with Crippen LogP contribution in [0.4, 0.5) is 29.9 Å². The minimum atomic E-state index is -4.98. The maximum Gasteiger partial charge on any atom is 0.471 e. The van der Waals surface area contributed by atoms with Gasteiger partial charge in [0.15, 0.2) is 5.13 Å². The molecule has 2 aromatic heterocycles. The highest BCUT2D eigenvalue weighted by molar-refractivity contribution is 7.19. The Bertz CT molecular complexity index is 947. The number of aromatic nitrogens is 3. The van der Waals surface area contributed by atoms with Crippen molar-refractivity contribution in [2.24, 2.45) is 0 Å². The van der Waals surface area contributed by atoms with Crippen molar-refractivity contribution >= 4 is 45.6 Å². The lowest BCUT2D eigenvalue weighted by Crippen LogP contribution is -2.29. The van der Waals surface area contributed by atoms with Gasteiger partial charge < -0.3 is 5.32 Å². The fourth-order valence-electron chi connectivity index (χ4n) is 1.87. The van der Waals surface area contributed by atoms with Crippen molar-refractivity contribution in [1.29, 1.82) is 0 Å². The van der Waals surface area contributed by atoms with E-state index in [4.69, 9.17) is 11.6 Å². The Morgan fingerprint density at radius 3 is 2.73 bits per heavy atom. The maximum absolute atomic E-state index is 12.3. The predicted octanol–water partition coefficient (Wildman–Crippen LogP) is 4.50. The molecule has 2 N–H and O–H groups in total. The van der Waals surface area contributed by atoms with Crippen LogP contribution in [0.15, 0.2) is 42.7 Å². The third-order valence-electron chi connectivity index (χ3n) is 2.97. The van der Waals surface area contributed by atoms with E-state index in [0.717, 1.165) is 11.3 Å². The number of anilines is 3. The Morgan fingerprint density at radius 2 is 2.00 bits per heavy atom. The summed E-state index contributed by atoms with van der Waals surface area (Å²) in [5.74, 6) is -1.80. The van der Waals surface area contributed by atoms with E-state index in [2.05, 4.69) is 20.3 Å². The Morgan fingerprint density at radius 1 is 1.19 bits per heavy atom. The Balaban J connectivity index is 1.77. The lowest BCUT2D eigenvalue weighted by atomic mass is 10.3. The monoisotopic (exact) mass is 399 g/mol. The summed E-state index contributed by atoms with van der Waals surface area (Å²) < 4.78 is 36.8. The van der Waals surface area contributed by atoms with Gasteiger partial charge in [0, 0.05) is 23.1 Å². The van der Waals surface area contributed by atoms with E-state index in [-0.39, 0.29) is 11.1 Å². The molecule has 0 saturated heterocycles. The summed E-state index contributed by atoms with van der Waals surface area (Å²) >= 11 is 6.78. The van der Waals surface area contributed by atoms with Crippen LogP contribution in [0.2, 0.25) is 5.02 Å². The Hall–Kier alpha value is -2.72. The molecule has 0 unspecified atom stereocenters. The normalized spacial score (nSPS) is 11.2. The summed E-state index contributed by atoms with van der Waals surface area (Å²) in [5, 5.41) is 5.04. The van der Waals surface area contributed by atoms with Gasteiger partial charge in [-0.15, -0.1) is 0 Å². The van der Waals surface area contributed by atoms with Crippen LogP contribution < -0.4 is 10.6 Å². The lowest BCUT2D eigenvalue weighted by molar-refractivity contribution is -0.167. The maximum atomic E-state index is 12.3.